The molecule has 7 heteroatoms. The number of carbonyl (C=O) groups excluding carboxylic acids is 1. The first kappa shape index (κ1) is 17.1. The third-order valence-electron chi connectivity index (χ3n) is 3.77. The second-order valence-corrected chi connectivity index (χ2v) is 7.93. The van der Waals surface area contributed by atoms with Gasteiger partial charge in [0.2, 0.25) is 0 Å². The summed E-state index contributed by atoms with van der Waals surface area (Å²) in [6, 6.07) is 11.8. The molecule has 2 unspecified atom stereocenters. The van der Waals surface area contributed by atoms with Crippen LogP contribution in [-0.4, -0.2) is 48.1 Å². The fourth-order valence-electron chi connectivity index (χ4n) is 2.48. The largest absolute Gasteiger partial charge is 0.390 e. The molecule has 1 aliphatic rings. The average Bonchev–Trinajstić information content (AvgIpc) is 2.86. The Balaban J connectivity index is 1.66. The molecule has 0 aliphatic carbocycles. The minimum Gasteiger partial charge on any atom is -0.390 e. The van der Waals surface area contributed by atoms with Gasteiger partial charge in [0.15, 0.2) is 9.84 Å². The summed E-state index contributed by atoms with van der Waals surface area (Å²) in [5.74, 6) is 4.82. The number of sulfone groups is 1. The van der Waals surface area contributed by atoms with Gasteiger partial charge < -0.3 is 10.4 Å². The van der Waals surface area contributed by atoms with E-state index in [1.54, 1.807) is 12.1 Å². The Morgan fingerprint density at radius 1 is 1.12 bits per heavy atom. The lowest BCUT2D eigenvalue weighted by molar-refractivity contribution is 0.0888. The molecule has 0 saturated carbocycles. The highest BCUT2D eigenvalue weighted by Gasteiger charge is 2.37. The summed E-state index contributed by atoms with van der Waals surface area (Å²) in [5.41, 5.74) is 1.66. The van der Waals surface area contributed by atoms with Crippen molar-refractivity contribution in [1.29, 1.82) is 0 Å². The van der Waals surface area contributed by atoms with Crippen molar-refractivity contribution in [2.45, 2.75) is 12.1 Å². The van der Waals surface area contributed by atoms with Crippen LogP contribution in [0.1, 0.15) is 21.6 Å². The molecule has 2 heterocycles. The van der Waals surface area contributed by atoms with Crippen LogP contribution in [0.3, 0.4) is 0 Å². The third-order valence-corrected chi connectivity index (χ3v) is 5.49. The first-order chi connectivity index (χ1) is 11.9. The standard InChI is InChI=1S/C18H16N2O4S/c21-17-12-25(23,24)11-16(17)20-18(22)14-7-9-15(19-10-14)8-6-13-4-2-1-3-5-13/h1-5,7,9-10,16-17,21H,11-12H2,(H,20,22). The second-order valence-electron chi connectivity index (χ2n) is 5.77. The van der Waals surface area contributed by atoms with E-state index < -0.39 is 27.9 Å². The molecular formula is C18H16N2O4S. The number of hydrogen-bond donors (Lipinski definition) is 2. The van der Waals surface area contributed by atoms with Crippen LogP contribution in [0.15, 0.2) is 48.7 Å². The minimum atomic E-state index is -3.31. The van der Waals surface area contributed by atoms with Gasteiger partial charge in [0.25, 0.3) is 5.91 Å². The van der Waals surface area contributed by atoms with Gasteiger partial charge >= 0.3 is 0 Å². The van der Waals surface area contributed by atoms with Gasteiger partial charge in [-0.15, -0.1) is 0 Å². The minimum absolute atomic E-state index is 0.256. The molecule has 1 aromatic heterocycles. The molecule has 0 spiro atoms. The predicted molar refractivity (Wildman–Crippen MR) is 92.6 cm³/mol. The van der Waals surface area contributed by atoms with E-state index in [9.17, 15) is 18.3 Å². The number of hydrogen-bond acceptors (Lipinski definition) is 5. The van der Waals surface area contributed by atoms with Crippen LogP contribution < -0.4 is 5.32 Å². The monoisotopic (exact) mass is 356 g/mol. The van der Waals surface area contributed by atoms with Gasteiger partial charge in [-0.05, 0) is 30.2 Å². The number of carbonyl (C=O) groups is 1. The number of nitrogens with zero attached hydrogens (tertiary/aromatic N) is 1. The zero-order valence-corrected chi connectivity index (χ0v) is 14.0. The van der Waals surface area contributed by atoms with Crippen molar-refractivity contribution >= 4 is 15.7 Å². The van der Waals surface area contributed by atoms with E-state index in [4.69, 9.17) is 0 Å². The van der Waals surface area contributed by atoms with Crippen LogP contribution in [-0.2, 0) is 9.84 Å². The van der Waals surface area contributed by atoms with Gasteiger partial charge in [0.1, 0.15) is 5.69 Å². The highest BCUT2D eigenvalue weighted by molar-refractivity contribution is 7.91. The normalized spacial score (nSPS) is 21.2. The van der Waals surface area contributed by atoms with Crippen LogP contribution in [0.2, 0.25) is 0 Å². The molecule has 1 fully saturated rings. The number of benzene rings is 1. The molecular weight excluding hydrogens is 340 g/mol. The molecule has 25 heavy (non-hydrogen) atoms. The van der Waals surface area contributed by atoms with E-state index in [0.717, 1.165) is 5.56 Å². The topological polar surface area (TPSA) is 96.4 Å². The van der Waals surface area contributed by atoms with Crippen LogP contribution in [0.25, 0.3) is 0 Å². The lowest BCUT2D eigenvalue weighted by Crippen LogP contribution is -2.42. The lowest BCUT2D eigenvalue weighted by atomic mass is 10.2. The van der Waals surface area contributed by atoms with Crippen LogP contribution in [0.4, 0.5) is 0 Å². The summed E-state index contributed by atoms with van der Waals surface area (Å²) in [5, 5.41) is 12.2. The Hall–Kier alpha value is -2.69. The van der Waals surface area contributed by atoms with Gasteiger partial charge in [-0.3, -0.25) is 4.79 Å². The number of amides is 1. The molecule has 2 aromatic rings. The zero-order valence-electron chi connectivity index (χ0n) is 13.2. The van der Waals surface area contributed by atoms with Crippen LogP contribution in [0, 0.1) is 11.8 Å². The van der Waals surface area contributed by atoms with Crippen LogP contribution >= 0.6 is 0 Å². The molecule has 2 atom stereocenters. The molecule has 1 aliphatic heterocycles. The summed E-state index contributed by atoms with van der Waals surface area (Å²) < 4.78 is 22.9. The first-order valence-electron chi connectivity index (χ1n) is 7.65. The molecule has 1 amide bonds. The molecule has 1 aromatic carbocycles. The van der Waals surface area contributed by atoms with Crippen LogP contribution in [0.5, 0.6) is 0 Å². The Bertz CT molecular complexity index is 929. The fraction of sp³-hybridized carbons (Fsp3) is 0.222. The van der Waals surface area contributed by atoms with Crippen molar-refractivity contribution in [3.63, 3.8) is 0 Å². The fourth-order valence-corrected chi connectivity index (χ4v) is 4.22. The summed E-state index contributed by atoms with van der Waals surface area (Å²) in [4.78, 5) is 16.3. The molecule has 6 nitrogen and oxygen atoms in total. The Morgan fingerprint density at radius 3 is 2.48 bits per heavy atom. The summed E-state index contributed by atoms with van der Waals surface area (Å²) >= 11 is 0. The van der Waals surface area contributed by atoms with Crippen molar-refractivity contribution in [3.8, 4) is 11.8 Å². The highest BCUT2D eigenvalue weighted by atomic mass is 32.2. The maximum absolute atomic E-state index is 12.2. The summed E-state index contributed by atoms with van der Waals surface area (Å²) in [7, 11) is -3.31. The van der Waals surface area contributed by atoms with E-state index in [0.29, 0.717) is 5.69 Å². The second kappa shape index (κ2) is 7.05. The van der Waals surface area contributed by atoms with Gasteiger partial charge in [-0.1, -0.05) is 24.1 Å². The van der Waals surface area contributed by atoms with E-state index in [1.165, 1.54) is 6.20 Å². The first-order valence-corrected chi connectivity index (χ1v) is 9.47. The van der Waals surface area contributed by atoms with Crippen molar-refractivity contribution in [1.82, 2.24) is 10.3 Å². The quantitative estimate of drug-likeness (QED) is 0.758. The maximum atomic E-state index is 12.2. The number of rotatable bonds is 2. The number of aromatic nitrogens is 1. The Labute approximate surface area is 145 Å². The van der Waals surface area contributed by atoms with Crippen molar-refractivity contribution in [3.05, 3.63) is 65.5 Å². The SMILES string of the molecule is O=C(NC1CS(=O)(=O)CC1O)c1ccc(C#Cc2ccccc2)nc1. The number of pyridine rings is 1. The molecule has 0 bridgehead atoms. The predicted octanol–water partition coefficient (Wildman–Crippen LogP) is 0.369. The number of aliphatic hydroxyl groups excluding tert-OH is 1. The number of nitrogens with one attached hydrogen (secondary N) is 1. The van der Waals surface area contributed by atoms with Crippen molar-refractivity contribution in [2.75, 3.05) is 11.5 Å². The molecule has 2 N–H and O–H groups in total. The van der Waals surface area contributed by atoms with Gasteiger partial charge in [-0.25, -0.2) is 13.4 Å². The third kappa shape index (κ3) is 4.44. The molecule has 3 rings (SSSR count). The van der Waals surface area contributed by atoms with Gasteiger partial charge in [-0.2, -0.15) is 0 Å². The van der Waals surface area contributed by atoms with Crippen molar-refractivity contribution < 1.29 is 18.3 Å². The molecule has 0 radical (unpaired) electrons. The maximum Gasteiger partial charge on any atom is 0.253 e. The average molecular weight is 356 g/mol. The summed E-state index contributed by atoms with van der Waals surface area (Å²) in [6.45, 7) is 0. The summed E-state index contributed by atoms with van der Waals surface area (Å²) in [6.07, 6.45) is 0.290. The van der Waals surface area contributed by atoms with E-state index >= 15 is 0 Å². The van der Waals surface area contributed by atoms with Crippen molar-refractivity contribution in [2.24, 2.45) is 0 Å². The van der Waals surface area contributed by atoms with Gasteiger partial charge in [0.05, 0.1) is 29.2 Å². The van der Waals surface area contributed by atoms with Gasteiger partial charge in [0, 0.05) is 11.8 Å². The Kier molecular flexibility index (Phi) is 4.83. The highest BCUT2D eigenvalue weighted by Crippen LogP contribution is 2.13. The smallest absolute Gasteiger partial charge is 0.253 e. The lowest BCUT2D eigenvalue weighted by Gasteiger charge is -2.14. The Morgan fingerprint density at radius 2 is 1.88 bits per heavy atom. The van der Waals surface area contributed by atoms with E-state index in [-0.39, 0.29) is 17.1 Å². The van der Waals surface area contributed by atoms with E-state index in [1.807, 2.05) is 30.3 Å². The molecule has 1 saturated heterocycles. The molecule has 128 valence electrons. The van der Waals surface area contributed by atoms with E-state index in [2.05, 4.69) is 22.1 Å². The number of aliphatic hydroxyl groups is 1. The zero-order chi connectivity index (χ0) is 17.9.